The molecule has 1 aliphatic carbocycles. The van der Waals surface area contributed by atoms with Gasteiger partial charge in [-0.3, -0.25) is 25.0 Å². The summed E-state index contributed by atoms with van der Waals surface area (Å²) < 4.78 is 44.0. The van der Waals surface area contributed by atoms with Crippen molar-refractivity contribution in [3.8, 4) is 11.3 Å². The molecule has 52 heavy (non-hydrogen) atoms. The quantitative estimate of drug-likeness (QED) is 0.121. The molecule has 7 rings (SSSR count). The molecule has 0 bridgehead atoms. The first-order valence-corrected chi connectivity index (χ1v) is 16.5. The average Bonchev–Trinajstić information content (AvgIpc) is 3.73. The number of halogens is 3. The monoisotopic (exact) mass is 709 g/mol. The normalized spacial score (nSPS) is 18.2. The highest BCUT2D eigenvalue weighted by Gasteiger charge is 2.45. The number of benzene rings is 3. The van der Waals surface area contributed by atoms with E-state index in [2.05, 4.69) is 10.1 Å². The fraction of sp³-hybridized carbons (Fsp3) is 0.243. The van der Waals surface area contributed by atoms with Gasteiger partial charge in [0.1, 0.15) is 0 Å². The molecule has 2 aromatic heterocycles. The van der Waals surface area contributed by atoms with Crippen molar-refractivity contribution in [2.75, 3.05) is 0 Å². The van der Waals surface area contributed by atoms with Gasteiger partial charge in [-0.05, 0) is 59.6 Å². The second-order valence-electron chi connectivity index (χ2n) is 13.1. The molecule has 264 valence electrons. The highest BCUT2D eigenvalue weighted by Crippen LogP contribution is 2.45. The van der Waals surface area contributed by atoms with E-state index in [0.29, 0.717) is 51.8 Å². The van der Waals surface area contributed by atoms with Crippen molar-refractivity contribution in [1.82, 2.24) is 19.6 Å². The minimum atomic E-state index is -4.85. The lowest BCUT2D eigenvalue weighted by molar-refractivity contribution is -0.385. The number of nitrogens with zero attached hydrogens (tertiary/aromatic N) is 7. The van der Waals surface area contributed by atoms with Crippen LogP contribution >= 0.6 is 0 Å². The summed E-state index contributed by atoms with van der Waals surface area (Å²) in [6, 6.07) is 20.1. The number of amides is 1. The minimum Gasteiger partial charge on any atom is -0.265 e. The number of fused-ring (bicyclic) bond motifs is 2. The van der Waals surface area contributed by atoms with Crippen molar-refractivity contribution in [1.29, 1.82) is 0 Å². The first-order chi connectivity index (χ1) is 24.8. The van der Waals surface area contributed by atoms with Crippen LogP contribution in [0.4, 0.5) is 24.5 Å². The highest BCUT2D eigenvalue weighted by atomic mass is 19.4. The molecule has 1 fully saturated rings. The molecule has 0 unspecified atom stereocenters. The van der Waals surface area contributed by atoms with Gasteiger partial charge in [-0.2, -0.15) is 23.4 Å². The number of rotatable bonds is 7. The van der Waals surface area contributed by atoms with Crippen LogP contribution in [0.15, 0.2) is 95.6 Å². The van der Waals surface area contributed by atoms with Crippen LogP contribution in [0.25, 0.3) is 23.0 Å². The summed E-state index contributed by atoms with van der Waals surface area (Å²) >= 11 is 0. The zero-order valence-electron chi connectivity index (χ0n) is 27.8. The van der Waals surface area contributed by atoms with E-state index in [9.17, 15) is 38.2 Å². The van der Waals surface area contributed by atoms with Crippen LogP contribution in [0.5, 0.6) is 0 Å². The van der Waals surface area contributed by atoms with Crippen molar-refractivity contribution in [3.05, 3.63) is 139 Å². The summed E-state index contributed by atoms with van der Waals surface area (Å²) in [7, 11) is 0. The maximum atomic E-state index is 14.5. The van der Waals surface area contributed by atoms with Crippen molar-refractivity contribution >= 4 is 34.7 Å². The number of hydrogen-bond donors (Lipinski definition) is 0. The van der Waals surface area contributed by atoms with Crippen molar-refractivity contribution in [3.63, 3.8) is 0 Å². The molecule has 1 amide bonds. The molecule has 0 radical (unpaired) electrons. The number of non-ortho nitro benzene ring substituents is 2. The predicted molar refractivity (Wildman–Crippen MR) is 185 cm³/mol. The Hall–Kier alpha value is -6.25. The van der Waals surface area contributed by atoms with Gasteiger partial charge in [0.15, 0.2) is 17.0 Å². The molecule has 12 nitrogen and oxygen atoms in total. The number of allylic oxidation sites excluding steroid dienone is 1. The zero-order valence-corrected chi connectivity index (χ0v) is 27.8. The van der Waals surface area contributed by atoms with Crippen LogP contribution in [0.1, 0.15) is 77.9 Å². The van der Waals surface area contributed by atoms with Crippen LogP contribution < -0.4 is 0 Å². The maximum absolute atomic E-state index is 14.5. The van der Waals surface area contributed by atoms with Gasteiger partial charge in [-0.15, -0.1) is 0 Å². The van der Waals surface area contributed by atoms with E-state index in [1.165, 1.54) is 36.4 Å². The zero-order chi connectivity index (χ0) is 36.9. The van der Waals surface area contributed by atoms with Gasteiger partial charge in [0, 0.05) is 41.8 Å². The van der Waals surface area contributed by atoms with Crippen LogP contribution in [-0.2, 0) is 6.18 Å². The number of carbonyl (C=O) groups is 1. The van der Waals surface area contributed by atoms with Crippen LogP contribution in [-0.4, -0.2) is 41.1 Å². The van der Waals surface area contributed by atoms with Crippen molar-refractivity contribution in [2.45, 2.75) is 51.2 Å². The summed E-state index contributed by atoms with van der Waals surface area (Å²) in [5.41, 5.74) is 1.69. The second-order valence-corrected chi connectivity index (χ2v) is 13.1. The third-order valence-corrected chi connectivity index (χ3v) is 9.36. The largest absolute Gasteiger partial charge is 0.433 e. The lowest BCUT2D eigenvalue weighted by Gasteiger charge is -2.29. The molecular formula is C37H30F3N7O5. The molecule has 5 aromatic rings. The average molecular weight is 710 g/mol. The molecule has 3 aromatic carbocycles. The summed E-state index contributed by atoms with van der Waals surface area (Å²) in [5, 5.41) is 33.1. The Morgan fingerprint density at radius 1 is 0.942 bits per heavy atom. The predicted octanol–water partition coefficient (Wildman–Crippen LogP) is 8.79. The van der Waals surface area contributed by atoms with E-state index in [1.807, 2.05) is 26.0 Å². The number of aromatic nitrogens is 3. The molecule has 1 saturated carbocycles. The molecule has 0 saturated heterocycles. The third-order valence-electron chi connectivity index (χ3n) is 9.36. The Morgan fingerprint density at radius 2 is 1.63 bits per heavy atom. The van der Waals surface area contributed by atoms with Gasteiger partial charge in [0.05, 0.1) is 27.3 Å². The number of nitro groups is 2. The first kappa shape index (κ1) is 34.2. The molecule has 3 heterocycles. The maximum Gasteiger partial charge on any atom is 0.433 e. The smallest absolute Gasteiger partial charge is 0.265 e. The minimum absolute atomic E-state index is 0.0480. The first-order valence-electron chi connectivity index (χ1n) is 16.5. The van der Waals surface area contributed by atoms with E-state index < -0.39 is 39.6 Å². The van der Waals surface area contributed by atoms with Gasteiger partial charge in [0.25, 0.3) is 17.3 Å². The molecule has 2 aliphatic rings. The van der Waals surface area contributed by atoms with Crippen molar-refractivity contribution < 1.29 is 27.8 Å². The fourth-order valence-corrected chi connectivity index (χ4v) is 6.84. The number of nitro benzene ring substituents is 2. The van der Waals surface area contributed by atoms with Crippen LogP contribution in [0.3, 0.4) is 0 Å². The van der Waals surface area contributed by atoms with E-state index >= 15 is 0 Å². The lowest BCUT2D eigenvalue weighted by atomic mass is 9.77. The van der Waals surface area contributed by atoms with Crippen LogP contribution in [0.2, 0.25) is 0 Å². The SMILES string of the molecule is CC(C)c1ccc(-c2cc(C(F)(F)F)n3nc(C(=O)N4N=C5/C(=C/c6cccc([N+](=O)[O-])c6)CCC[C@H]5[C@H]4c4cccc([N+](=O)[O-])c4)cc3n2)cc1. The molecule has 1 aliphatic heterocycles. The summed E-state index contributed by atoms with van der Waals surface area (Å²) in [4.78, 5) is 40.9. The van der Waals surface area contributed by atoms with Gasteiger partial charge >= 0.3 is 6.18 Å². The Kier molecular flexibility index (Phi) is 8.64. The lowest BCUT2D eigenvalue weighted by Crippen LogP contribution is -2.32. The molecule has 0 spiro atoms. The second kappa shape index (κ2) is 13.1. The van der Waals surface area contributed by atoms with E-state index in [1.54, 1.807) is 36.4 Å². The van der Waals surface area contributed by atoms with E-state index in [-0.39, 0.29) is 34.3 Å². The number of hydrazone groups is 1. The van der Waals surface area contributed by atoms with Gasteiger partial charge < -0.3 is 0 Å². The summed E-state index contributed by atoms with van der Waals surface area (Å²) in [6.07, 6.45) is -1.34. The van der Waals surface area contributed by atoms with E-state index in [4.69, 9.17) is 5.10 Å². The number of carbonyl (C=O) groups excluding carboxylic acids is 1. The van der Waals surface area contributed by atoms with Gasteiger partial charge in [-0.1, -0.05) is 62.4 Å². The Morgan fingerprint density at radius 3 is 2.31 bits per heavy atom. The molecular weight excluding hydrogens is 679 g/mol. The van der Waals surface area contributed by atoms with Crippen molar-refractivity contribution in [2.24, 2.45) is 11.0 Å². The molecule has 2 atom stereocenters. The number of hydrogen-bond acceptors (Lipinski definition) is 8. The van der Waals surface area contributed by atoms with Crippen LogP contribution in [0, 0.1) is 26.1 Å². The molecule has 0 N–H and O–H groups in total. The standard InChI is InChI=1S/C37H30F3N7O5/c1-21(2)23-12-14-24(15-13-23)30-19-32(37(38,39)40)44-33(41-30)20-31(42-44)36(48)45-35(26-8-4-10-28(18-26)47(51)52)29-11-5-7-25(34(29)43-45)16-22-6-3-9-27(17-22)46(49)50/h3-4,6,8-10,12-21,29,35H,5,7,11H2,1-2H3/b25-16+/t29-,35-/m1/s1. The summed E-state index contributed by atoms with van der Waals surface area (Å²) in [6.45, 7) is 4.01. The topological polar surface area (TPSA) is 149 Å². The van der Waals surface area contributed by atoms with E-state index in [0.717, 1.165) is 16.6 Å². The Bertz CT molecular complexity index is 2310. The highest BCUT2D eigenvalue weighted by molar-refractivity contribution is 6.09. The fourth-order valence-electron chi connectivity index (χ4n) is 6.84. The summed E-state index contributed by atoms with van der Waals surface area (Å²) in [5.74, 6) is -1.05. The third kappa shape index (κ3) is 6.40. The Balaban J connectivity index is 1.34. The number of alkyl halides is 3. The van der Waals surface area contributed by atoms with Gasteiger partial charge in [0.2, 0.25) is 0 Å². The molecule has 15 heteroatoms. The Labute approximate surface area is 294 Å². The van der Waals surface area contributed by atoms with Gasteiger partial charge in [-0.25, -0.2) is 14.5 Å².